The quantitative estimate of drug-likeness (QED) is 0.313. The van der Waals surface area contributed by atoms with Crippen LogP contribution in [0.4, 0.5) is 0 Å². The van der Waals surface area contributed by atoms with Crippen molar-refractivity contribution in [1.82, 2.24) is 0 Å². The summed E-state index contributed by atoms with van der Waals surface area (Å²) in [4.78, 5) is 11.4. The minimum Gasteiger partial charge on any atom is -0.504 e. The van der Waals surface area contributed by atoms with Crippen LogP contribution in [0, 0.1) is 3.57 Å². The third kappa shape index (κ3) is 6.70. The Kier molecular flexibility index (Phi) is 8.99. The normalized spacial score (nSPS) is 12.7. The Hall–Kier alpha value is -1.54. The van der Waals surface area contributed by atoms with Gasteiger partial charge in [-0.05, 0) is 65.8 Å². The molecule has 0 unspecified atom stereocenters. The maximum atomic E-state index is 11.4. The van der Waals surface area contributed by atoms with Gasteiger partial charge in [0, 0.05) is 12.8 Å². The SMILES string of the molecule is CCOC(=O)[C@H](O)CC(C)=C=CC[C@@H](O)c1cc(I)c(O)c(OC)c1. The molecule has 7 heteroatoms. The summed E-state index contributed by atoms with van der Waals surface area (Å²) < 4.78 is 10.4. The Morgan fingerprint density at radius 1 is 1.40 bits per heavy atom. The number of phenols is 1. The molecule has 1 aromatic rings. The van der Waals surface area contributed by atoms with Crippen LogP contribution in [-0.4, -0.2) is 41.1 Å². The Bertz CT molecular complexity index is 664. The lowest BCUT2D eigenvalue weighted by molar-refractivity contribution is -0.152. The third-order valence-electron chi connectivity index (χ3n) is 3.40. The van der Waals surface area contributed by atoms with E-state index < -0.39 is 18.2 Å². The van der Waals surface area contributed by atoms with Gasteiger partial charge in [0.25, 0.3) is 0 Å². The summed E-state index contributed by atoms with van der Waals surface area (Å²) in [6.07, 6.45) is 0.0455. The standard InChI is InChI=1S/C18H23IO6/c1-4-25-18(23)15(21)8-11(2)6-5-7-14(20)12-9-13(19)17(22)16(10-12)24-3/h5,9-10,14-15,20-22H,4,7-8H2,1-3H3/t6?,14-,15-/m1/s1. The molecule has 6 nitrogen and oxygen atoms in total. The van der Waals surface area contributed by atoms with Crippen LogP contribution in [0.2, 0.25) is 0 Å². The largest absolute Gasteiger partial charge is 0.504 e. The summed E-state index contributed by atoms with van der Waals surface area (Å²) >= 11 is 1.96. The number of carbonyl (C=O) groups is 1. The molecule has 1 rings (SSSR count). The second-order valence-corrected chi connectivity index (χ2v) is 6.57. The molecule has 3 N–H and O–H groups in total. The first-order valence-electron chi connectivity index (χ1n) is 7.79. The summed E-state index contributed by atoms with van der Waals surface area (Å²) in [7, 11) is 1.45. The lowest BCUT2D eigenvalue weighted by atomic mass is 10.1. The van der Waals surface area contributed by atoms with Gasteiger partial charge < -0.3 is 24.8 Å². The van der Waals surface area contributed by atoms with Gasteiger partial charge in [-0.3, -0.25) is 0 Å². The van der Waals surface area contributed by atoms with Crippen LogP contribution in [0.25, 0.3) is 0 Å². The molecule has 0 aliphatic carbocycles. The number of hydrogen-bond acceptors (Lipinski definition) is 6. The van der Waals surface area contributed by atoms with E-state index in [1.54, 1.807) is 32.1 Å². The maximum absolute atomic E-state index is 11.4. The number of aromatic hydroxyl groups is 1. The first-order valence-corrected chi connectivity index (χ1v) is 8.87. The lowest BCUT2D eigenvalue weighted by Gasteiger charge is -2.12. The Balaban J connectivity index is 2.74. The van der Waals surface area contributed by atoms with Gasteiger partial charge in [-0.15, -0.1) is 5.73 Å². The summed E-state index contributed by atoms with van der Waals surface area (Å²) in [6, 6.07) is 3.26. The van der Waals surface area contributed by atoms with Crippen molar-refractivity contribution < 1.29 is 29.6 Å². The molecule has 0 aromatic heterocycles. The highest BCUT2D eigenvalue weighted by atomic mass is 127. The molecule has 25 heavy (non-hydrogen) atoms. The second-order valence-electron chi connectivity index (χ2n) is 5.41. The fourth-order valence-corrected chi connectivity index (χ4v) is 2.72. The molecule has 138 valence electrons. The number of esters is 1. The fraction of sp³-hybridized carbons (Fsp3) is 0.444. The zero-order valence-corrected chi connectivity index (χ0v) is 16.6. The van der Waals surface area contributed by atoms with Gasteiger partial charge in [0.2, 0.25) is 0 Å². The van der Waals surface area contributed by atoms with Crippen molar-refractivity contribution in [2.24, 2.45) is 0 Å². The van der Waals surface area contributed by atoms with Gasteiger partial charge in [-0.1, -0.05) is 0 Å². The number of ether oxygens (including phenoxy) is 2. The molecule has 1 aromatic carbocycles. The maximum Gasteiger partial charge on any atom is 0.335 e. The average molecular weight is 462 g/mol. The molecule has 0 bridgehead atoms. The number of halogens is 1. The van der Waals surface area contributed by atoms with Crippen LogP contribution in [0.1, 0.15) is 38.4 Å². The molecule has 0 saturated heterocycles. The average Bonchev–Trinajstić information content (AvgIpc) is 2.57. The number of rotatable bonds is 8. The van der Waals surface area contributed by atoms with Crippen molar-refractivity contribution in [3.05, 3.63) is 38.6 Å². The zero-order valence-electron chi connectivity index (χ0n) is 14.5. The Morgan fingerprint density at radius 3 is 2.68 bits per heavy atom. The minimum atomic E-state index is -1.21. The number of carbonyl (C=O) groups excluding carboxylic acids is 1. The molecule has 2 atom stereocenters. The van der Waals surface area contributed by atoms with Crippen LogP contribution < -0.4 is 4.74 Å². The number of aliphatic hydroxyl groups excluding tert-OH is 2. The second kappa shape index (κ2) is 10.5. The van der Waals surface area contributed by atoms with E-state index in [1.165, 1.54) is 7.11 Å². The van der Waals surface area contributed by atoms with Crippen molar-refractivity contribution in [2.45, 2.75) is 38.9 Å². The molecule has 0 fully saturated rings. The van der Waals surface area contributed by atoms with Crippen molar-refractivity contribution >= 4 is 28.6 Å². The van der Waals surface area contributed by atoms with Gasteiger partial charge in [0.05, 0.1) is 23.4 Å². The Labute approximate surface area is 160 Å². The fourth-order valence-electron chi connectivity index (χ4n) is 2.09. The van der Waals surface area contributed by atoms with Crippen LogP contribution in [0.5, 0.6) is 11.5 Å². The predicted octanol–water partition coefficient (Wildman–Crippen LogP) is 2.84. The van der Waals surface area contributed by atoms with Crippen molar-refractivity contribution in [3.8, 4) is 11.5 Å². The molecule has 0 aliphatic rings. The predicted molar refractivity (Wildman–Crippen MR) is 101 cm³/mol. The summed E-state index contributed by atoms with van der Waals surface area (Å²) in [5.74, 6) is -0.318. The first kappa shape index (κ1) is 21.5. The molecule has 0 radical (unpaired) electrons. The van der Waals surface area contributed by atoms with E-state index in [0.717, 1.165) is 0 Å². The van der Waals surface area contributed by atoms with Crippen molar-refractivity contribution in [2.75, 3.05) is 13.7 Å². The van der Waals surface area contributed by atoms with Crippen LogP contribution in [0.3, 0.4) is 0 Å². The van der Waals surface area contributed by atoms with E-state index in [0.29, 0.717) is 20.5 Å². The highest BCUT2D eigenvalue weighted by molar-refractivity contribution is 14.1. The van der Waals surface area contributed by atoms with E-state index >= 15 is 0 Å². The monoisotopic (exact) mass is 462 g/mol. The van der Waals surface area contributed by atoms with Crippen molar-refractivity contribution in [3.63, 3.8) is 0 Å². The van der Waals surface area contributed by atoms with Crippen LogP contribution in [-0.2, 0) is 9.53 Å². The van der Waals surface area contributed by atoms with Gasteiger partial charge >= 0.3 is 5.97 Å². The van der Waals surface area contributed by atoms with Gasteiger partial charge in [-0.2, -0.15) is 0 Å². The number of methoxy groups -OCH3 is 1. The van der Waals surface area contributed by atoms with Gasteiger partial charge in [0.15, 0.2) is 17.6 Å². The van der Waals surface area contributed by atoms with E-state index in [-0.39, 0.29) is 25.2 Å². The number of phenolic OH excluding ortho intramolecular Hbond substituents is 1. The molecule has 0 spiro atoms. The van der Waals surface area contributed by atoms with E-state index in [9.17, 15) is 20.1 Å². The topological polar surface area (TPSA) is 96.2 Å². The van der Waals surface area contributed by atoms with Crippen LogP contribution in [0.15, 0.2) is 29.5 Å². The molecule has 0 saturated carbocycles. The van der Waals surface area contributed by atoms with E-state index in [4.69, 9.17) is 9.47 Å². The summed E-state index contributed by atoms with van der Waals surface area (Å²) in [6.45, 7) is 3.63. The summed E-state index contributed by atoms with van der Waals surface area (Å²) in [5, 5.41) is 29.8. The first-order chi connectivity index (χ1) is 11.8. The van der Waals surface area contributed by atoms with Gasteiger partial charge in [-0.25, -0.2) is 4.79 Å². The van der Waals surface area contributed by atoms with E-state index in [2.05, 4.69) is 5.73 Å². The molecule has 0 aliphatic heterocycles. The number of benzene rings is 1. The molecular formula is C18H23IO6. The third-order valence-corrected chi connectivity index (χ3v) is 4.23. The lowest BCUT2D eigenvalue weighted by Crippen LogP contribution is -2.23. The van der Waals surface area contributed by atoms with Gasteiger partial charge in [0.1, 0.15) is 0 Å². The van der Waals surface area contributed by atoms with Crippen LogP contribution >= 0.6 is 22.6 Å². The summed E-state index contributed by atoms with van der Waals surface area (Å²) in [5.41, 5.74) is 4.23. The Morgan fingerprint density at radius 2 is 2.08 bits per heavy atom. The van der Waals surface area contributed by atoms with E-state index in [1.807, 2.05) is 22.6 Å². The number of hydrogen-bond donors (Lipinski definition) is 3. The highest BCUT2D eigenvalue weighted by Gasteiger charge is 2.16. The smallest absolute Gasteiger partial charge is 0.335 e. The zero-order chi connectivity index (χ0) is 19.0. The molecule has 0 heterocycles. The number of aliphatic hydroxyl groups is 2. The molecule has 0 amide bonds. The van der Waals surface area contributed by atoms with Crippen molar-refractivity contribution in [1.29, 1.82) is 0 Å². The molecular weight excluding hydrogens is 439 g/mol. The minimum absolute atomic E-state index is 0.0401. The highest BCUT2D eigenvalue weighted by Crippen LogP contribution is 2.35.